The van der Waals surface area contributed by atoms with Gasteiger partial charge in [-0.2, -0.15) is 0 Å². The van der Waals surface area contributed by atoms with E-state index in [9.17, 15) is 8.42 Å². The fourth-order valence-electron chi connectivity index (χ4n) is 2.48. The van der Waals surface area contributed by atoms with E-state index >= 15 is 0 Å². The van der Waals surface area contributed by atoms with Crippen molar-refractivity contribution in [2.75, 3.05) is 0 Å². The van der Waals surface area contributed by atoms with E-state index in [2.05, 4.69) is 11.9 Å². The van der Waals surface area contributed by atoms with Crippen LogP contribution in [0.15, 0.2) is 29.4 Å². The molecule has 0 saturated carbocycles. The number of sulfone groups is 1. The smallest absolute Gasteiger partial charge is 0.228 e. The monoisotopic (exact) mass is 320 g/mol. The molecular formula is C17H24N2O2S. The highest BCUT2D eigenvalue weighted by molar-refractivity contribution is 7.90. The predicted octanol–water partition coefficient (Wildman–Crippen LogP) is 3.58. The van der Waals surface area contributed by atoms with Crippen LogP contribution in [0.3, 0.4) is 0 Å². The predicted molar refractivity (Wildman–Crippen MR) is 88.7 cm³/mol. The number of benzene rings is 1. The Labute approximate surface area is 133 Å². The molecule has 2 rings (SSSR count). The molecule has 0 aliphatic carbocycles. The number of aromatic nitrogens is 2. The summed E-state index contributed by atoms with van der Waals surface area (Å²) in [5.74, 6) is 0.00168. The molecule has 1 heterocycles. The number of unbranched alkanes of at least 4 members (excludes halogenated alkanes) is 1. The average molecular weight is 320 g/mol. The second-order valence-corrected chi connectivity index (χ2v) is 7.64. The fourth-order valence-corrected chi connectivity index (χ4v) is 4.18. The van der Waals surface area contributed by atoms with Gasteiger partial charge in [0.25, 0.3) is 0 Å². The van der Waals surface area contributed by atoms with Crippen molar-refractivity contribution in [1.29, 1.82) is 0 Å². The van der Waals surface area contributed by atoms with Crippen molar-refractivity contribution in [3.05, 3.63) is 46.8 Å². The lowest BCUT2D eigenvalue weighted by molar-refractivity contribution is 0.538. The summed E-state index contributed by atoms with van der Waals surface area (Å²) in [5.41, 5.74) is 3.56. The van der Waals surface area contributed by atoms with Crippen molar-refractivity contribution in [3.8, 4) is 0 Å². The van der Waals surface area contributed by atoms with Gasteiger partial charge in [-0.25, -0.2) is 13.4 Å². The van der Waals surface area contributed by atoms with E-state index in [4.69, 9.17) is 0 Å². The van der Waals surface area contributed by atoms with E-state index in [1.54, 1.807) is 0 Å². The number of hydrogen-bond acceptors (Lipinski definition) is 3. The second-order valence-electron chi connectivity index (χ2n) is 5.76. The standard InChI is InChI=1S/C17H24N2O2S/c1-5-6-11-19-15(4)14(3)18-17(19)22(20,21)12-16-10-8-7-9-13(16)2/h7-10H,5-6,11-12H2,1-4H3. The Balaban J connectivity index is 2.41. The Morgan fingerprint density at radius 1 is 1.14 bits per heavy atom. The maximum atomic E-state index is 12.8. The van der Waals surface area contributed by atoms with Crippen LogP contribution in [0.5, 0.6) is 0 Å². The van der Waals surface area contributed by atoms with Crippen molar-refractivity contribution in [2.45, 2.75) is 58.0 Å². The molecule has 0 atom stereocenters. The minimum Gasteiger partial charge on any atom is -0.319 e. The van der Waals surface area contributed by atoms with Crippen LogP contribution in [0.1, 0.15) is 42.3 Å². The second kappa shape index (κ2) is 6.65. The molecule has 22 heavy (non-hydrogen) atoms. The largest absolute Gasteiger partial charge is 0.319 e. The lowest BCUT2D eigenvalue weighted by Gasteiger charge is -2.11. The number of imidazole rings is 1. The van der Waals surface area contributed by atoms with Crippen LogP contribution < -0.4 is 0 Å². The van der Waals surface area contributed by atoms with E-state index in [0.717, 1.165) is 35.4 Å². The van der Waals surface area contributed by atoms with Crippen LogP contribution in [0.4, 0.5) is 0 Å². The number of rotatable bonds is 6. The van der Waals surface area contributed by atoms with Gasteiger partial charge in [0.1, 0.15) is 0 Å². The molecule has 4 nitrogen and oxygen atoms in total. The SMILES string of the molecule is CCCCn1c(S(=O)(=O)Cc2ccccc2C)nc(C)c1C. The van der Waals surface area contributed by atoms with Gasteiger partial charge >= 0.3 is 0 Å². The molecule has 0 unspecified atom stereocenters. The highest BCUT2D eigenvalue weighted by Crippen LogP contribution is 2.21. The first-order valence-electron chi connectivity index (χ1n) is 7.67. The molecule has 0 bridgehead atoms. The van der Waals surface area contributed by atoms with Crippen LogP contribution >= 0.6 is 0 Å². The third-order valence-electron chi connectivity index (χ3n) is 4.04. The minimum absolute atomic E-state index is 0.00168. The Morgan fingerprint density at radius 2 is 1.82 bits per heavy atom. The van der Waals surface area contributed by atoms with Crippen molar-refractivity contribution < 1.29 is 8.42 Å². The lowest BCUT2D eigenvalue weighted by atomic mass is 10.1. The van der Waals surface area contributed by atoms with Crippen molar-refractivity contribution in [2.24, 2.45) is 0 Å². The molecule has 1 aromatic carbocycles. The van der Waals surface area contributed by atoms with Crippen LogP contribution in [0.2, 0.25) is 0 Å². The first-order chi connectivity index (χ1) is 10.4. The number of aryl methyl sites for hydroxylation is 2. The molecule has 2 aromatic rings. The highest BCUT2D eigenvalue weighted by Gasteiger charge is 2.24. The highest BCUT2D eigenvalue weighted by atomic mass is 32.2. The first kappa shape index (κ1) is 16.7. The maximum absolute atomic E-state index is 12.8. The Hall–Kier alpha value is -1.62. The van der Waals surface area contributed by atoms with Gasteiger partial charge in [0.05, 0.1) is 11.4 Å². The lowest BCUT2D eigenvalue weighted by Crippen LogP contribution is -2.14. The zero-order valence-electron chi connectivity index (χ0n) is 13.8. The van der Waals surface area contributed by atoms with E-state index in [1.165, 1.54) is 0 Å². The molecular weight excluding hydrogens is 296 g/mol. The van der Waals surface area contributed by atoms with Gasteiger partial charge in [-0.3, -0.25) is 0 Å². The summed E-state index contributed by atoms with van der Waals surface area (Å²) >= 11 is 0. The zero-order chi connectivity index (χ0) is 16.3. The average Bonchev–Trinajstić information content (AvgIpc) is 2.76. The van der Waals surface area contributed by atoms with Crippen LogP contribution in [0, 0.1) is 20.8 Å². The number of nitrogens with zero attached hydrogens (tertiary/aromatic N) is 2. The first-order valence-corrected chi connectivity index (χ1v) is 9.33. The van der Waals surface area contributed by atoms with Gasteiger partial charge in [0.15, 0.2) is 0 Å². The van der Waals surface area contributed by atoms with Gasteiger partial charge < -0.3 is 4.57 Å². The molecule has 0 N–H and O–H groups in total. The summed E-state index contributed by atoms with van der Waals surface area (Å²) in [5, 5.41) is 0.208. The molecule has 120 valence electrons. The van der Waals surface area contributed by atoms with Crippen molar-refractivity contribution in [3.63, 3.8) is 0 Å². The molecule has 0 aliphatic heterocycles. The van der Waals surface area contributed by atoms with E-state index in [0.29, 0.717) is 6.54 Å². The summed E-state index contributed by atoms with van der Waals surface area (Å²) in [6.45, 7) is 8.53. The summed E-state index contributed by atoms with van der Waals surface area (Å²) in [7, 11) is -3.45. The van der Waals surface area contributed by atoms with Crippen LogP contribution in [-0.2, 0) is 22.1 Å². The van der Waals surface area contributed by atoms with Gasteiger partial charge in [0, 0.05) is 12.2 Å². The van der Waals surface area contributed by atoms with Gasteiger partial charge in [0.2, 0.25) is 15.0 Å². The summed E-state index contributed by atoms with van der Waals surface area (Å²) in [4.78, 5) is 4.34. The quantitative estimate of drug-likeness (QED) is 0.817. The van der Waals surface area contributed by atoms with Gasteiger partial charge in [-0.1, -0.05) is 37.6 Å². The summed E-state index contributed by atoms with van der Waals surface area (Å²) < 4.78 is 27.5. The normalized spacial score (nSPS) is 11.8. The van der Waals surface area contributed by atoms with E-state index < -0.39 is 9.84 Å². The maximum Gasteiger partial charge on any atom is 0.228 e. The fraction of sp³-hybridized carbons (Fsp3) is 0.471. The summed E-state index contributed by atoms with van der Waals surface area (Å²) in [6, 6.07) is 7.59. The Bertz CT molecular complexity index is 761. The van der Waals surface area contributed by atoms with E-state index in [1.807, 2.05) is 49.6 Å². The molecule has 0 fully saturated rings. The zero-order valence-corrected chi connectivity index (χ0v) is 14.6. The number of hydrogen-bond donors (Lipinski definition) is 0. The molecule has 0 amide bonds. The van der Waals surface area contributed by atoms with Crippen molar-refractivity contribution >= 4 is 9.84 Å². The van der Waals surface area contributed by atoms with Gasteiger partial charge in [-0.05, 0) is 38.3 Å². The topological polar surface area (TPSA) is 52.0 Å². The third-order valence-corrected chi connectivity index (χ3v) is 5.60. The van der Waals surface area contributed by atoms with Crippen molar-refractivity contribution in [1.82, 2.24) is 9.55 Å². The molecule has 0 radical (unpaired) electrons. The molecule has 0 spiro atoms. The molecule has 5 heteroatoms. The third kappa shape index (κ3) is 3.40. The van der Waals surface area contributed by atoms with Gasteiger partial charge in [-0.15, -0.1) is 0 Å². The molecule has 0 aliphatic rings. The van der Waals surface area contributed by atoms with E-state index in [-0.39, 0.29) is 10.9 Å². The minimum atomic E-state index is -3.45. The Kier molecular flexibility index (Phi) is 5.06. The summed E-state index contributed by atoms with van der Waals surface area (Å²) in [6.07, 6.45) is 1.97. The van der Waals surface area contributed by atoms with Crippen LogP contribution in [-0.4, -0.2) is 18.0 Å². The molecule has 1 aromatic heterocycles. The molecule has 0 saturated heterocycles. The Morgan fingerprint density at radius 3 is 2.45 bits per heavy atom. The van der Waals surface area contributed by atoms with Crippen LogP contribution in [0.25, 0.3) is 0 Å².